The van der Waals surface area contributed by atoms with Crippen molar-refractivity contribution in [2.75, 3.05) is 13.1 Å². The topological polar surface area (TPSA) is 175 Å². The third-order valence-electron chi connectivity index (χ3n) is 6.61. The van der Waals surface area contributed by atoms with Crippen molar-refractivity contribution in [1.29, 1.82) is 0 Å². The number of aromatic hydroxyl groups is 2. The Hall–Kier alpha value is -4.90. The lowest BCUT2D eigenvalue weighted by Gasteiger charge is -2.26. The number of nitrogens with one attached hydrogen (secondary N) is 2. The van der Waals surface area contributed by atoms with E-state index in [4.69, 9.17) is 9.15 Å². The number of carboxylic acid groups (broad SMARTS) is 1. The SMILES string of the molecule is O=C(NC1CNCCC[C@H]1OC(=O)c1cc(O)c2c(=O)c3c(C(=O)O)cccc3oc2c1)c1ccc(O)cc1. The van der Waals surface area contributed by atoms with Crippen molar-refractivity contribution in [3.63, 3.8) is 0 Å². The molecule has 39 heavy (non-hydrogen) atoms. The van der Waals surface area contributed by atoms with E-state index < -0.39 is 41.2 Å². The zero-order chi connectivity index (χ0) is 27.7. The van der Waals surface area contributed by atoms with Crippen LogP contribution in [0.25, 0.3) is 21.9 Å². The summed E-state index contributed by atoms with van der Waals surface area (Å²) < 4.78 is 11.5. The number of hydrogen-bond acceptors (Lipinski definition) is 9. The molecule has 11 nitrogen and oxygen atoms in total. The summed E-state index contributed by atoms with van der Waals surface area (Å²) in [6.45, 7) is 1.00. The maximum atomic E-state index is 13.2. The van der Waals surface area contributed by atoms with Gasteiger partial charge in [-0.2, -0.15) is 0 Å². The lowest BCUT2D eigenvalue weighted by Crippen LogP contribution is -2.49. The number of ether oxygens (including phenoxy) is 1. The van der Waals surface area contributed by atoms with Gasteiger partial charge in [-0.05, 0) is 67.9 Å². The van der Waals surface area contributed by atoms with Gasteiger partial charge >= 0.3 is 11.9 Å². The molecule has 1 saturated heterocycles. The fourth-order valence-electron chi connectivity index (χ4n) is 4.67. The summed E-state index contributed by atoms with van der Waals surface area (Å²) in [6.07, 6.45) is 0.434. The third kappa shape index (κ3) is 5.12. The quantitative estimate of drug-likeness (QED) is 0.190. The molecule has 1 aromatic heterocycles. The van der Waals surface area contributed by atoms with Crippen molar-refractivity contribution in [2.45, 2.75) is 25.0 Å². The molecule has 5 N–H and O–H groups in total. The van der Waals surface area contributed by atoms with Crippen molar-refractivity contribution in [3.8, 4) is 11.5 Å². The van der Waals surface area contributed by atoms with Gasteiger partial charge in [-0.25, -0.2) is 9.59 Å². The fourth-order valence-corrected chi connectivity index (χ4v) is 4.67. The van der Waals surface area contributed by atoms with Crippen LogP contribution in [0.4, 0.5) is 0 Å². The molecule has 3 aromatic carbocycles. The van der Waals surface area contributed by atoms with Crippen LogP contribution in [0, 0.1) is 0 Å². The number of carbonyl (C=O) groups is 3. The van der Waals surface area contributed by atoms with Crippen molar-refractivity contribution in [2.24, 2.45) is 0 Å². The predicted octanol–water partition coefficient (Wildman–Crippen LogP) is 2.76. The van der Waals surface area contributed by atoms with E-state index in [1.165, 1.54) is 48.5 Å². The fraction of sp³-hybridized carbons (Fsp3) is 0.214. The summed E-state index contributed by atoms with van der Waals surface area (Å²) >= 11 is 0. The minimum atomic E-state index is -1.32. The highest BCUT2D eigenvalue weighted by Crippen LogP contribution is 2.29. The molecule has 0 spiro atoms. The molecular formula is C28H24N2O9. The molecule has 0 bridgehead atoms. The van der Waals surface area contributed by atoms with Gasteiger partial charge in [0.05, 0.1) is 22.6 Å². The van der Waals surface area contributed by atoms with E-state index in [1.807, 2.05) is 0 Å². The molecule has 1 aliphatic rings. The van der Waals surface area contributed by atoms with E-state index in [1.54, 1.807) is 0 Å². The number of benzene rings is 3. The molecule has 0 saturated carbocycles. The van der Waals surface area contributed by atoms with E-state index in [0.29, 0.717) is 31.5 Å². The number of rotatable bonds is 5. The highest BCUT2D eigenvalue weighted by molar-refractivity contribution is 6.06. The van der Waals surface area contributed by atoms with Gasteiger partial charge < -0.3 is 35.1 Å². The van der Waals surface area contributed by atoms with E-state index in [-0.39, 0.29) is 38.8 Å². The van der Waals surface area contributed by atoms with Crippen LogP contribution in [-0.2, 0) is 4.74 Å². The van der Waals surface area contributed by atoms with Crippen LogP contribution in [0.2, 0.25) is 0 Å². The first kappa shape index (κ1) is 25.7. The molecule has 1 amide bonds. The Kier molecular flexibility index (Phi) is 6.90. The zero-order valence-corrected chi connectivity index (χ0v) is 20.5. The van der Waals surface area contributed by atoms with Crippen molar-refractivity contribution < 1.29 is 38.9 Å². The zero-order valence-electron chi connectivity index (χ0n) is 20.5. The van der Waals surface area contributed by atoms with E-state index in [2.05, 4.69) is 10.6 Å². The summed E-state index contributed by atoms with van der Waals surface area (Å²) in [5.74, 6) is -3.06. The van der Waals surface area contributed by atoms with E-state index in [0.717, 1.165) is 6.07 Å². The second kappa shape index (κ2) is 10.5. The van der Waals surface area contributed by atoms with Crippen molar-refractivity contribution in [3.05, 3.63) is 81.5 Å². The molecule has 1 unspecified atom stereocenters. The first-order valence-corrected chi connectivity index (χ1v) is 12.2. The smallest absolute Gasteiger partial charge is 0.338 e. The summed E-state index contributed by atoms with van der Waals surface area (Å²) in [6, 6.07) is 11.6. The molecule has 2 atom stereocenters. The second-order valence-corrected chi connectivity index (χ2v) is 9.20. The Labute approximate surface area is 220 Å². The number of fused-ring (bicyclic) bond motifs is 2. The Morgan fingerprint density at radius 1 is 0.974 bits per heavy atom. The lowest BCUT2D eigenvalue weighted by molar-refractivity contribution is 0.0191. The lowest BCUT2D eigenvalue weighted by atomic mass is 10.0. The van der Waals surface area contributed by atoms with Crippen LogP contribution in [0.5, 0.6) is 11.5 Å². The van der Waals surface area contributed by atoms with Crippen LogP contribution >= 0.6 is 0 Å². The Morgan fingerprint density at radius 3 is 2.49 bits per heavy atom. The molecule has 0 radical (unpaired) electrons. The van der Waals surface area contributed by atoms with Crippen molar-refractivity contribution in [1.82, 2.24) is 10.6 Å². The summed E-state index contributed by atoms with van der Waals surface area (Å²) in [7, 11) is 0. The van der Waals surface area contributed by atoms with Crippen molar-refractivity contribution >= 4 is 39.8 Å². The molecule has 5 rings (SSSR count). The second-order valence-electron chi connectivity index (χ2n) is 9.20. The van der Waals surface area contributed by atoms with Gasteiger partial charge in [0.25, 0.3) is 5.91 Å². The van der Waals surface area contributed by atoms with Gasteiger partial charge in [0.2, 0.25) is 5.43 Å². The number of phenolic OH excluding ortho intramolecular Hbond substituents is 2. The van der Waals surface area contributed by atoms with Gasteiger partial charge in [-0.3, -0.25) is 9.59 Å². The highest BCUT2D eigenvalue weighted by Gasteiger charge is 2.30. The van der Waals surface area contributed by atoms with Crippen LogP contribution in [0.15, 0.2) is 63.8 Å². The normalized spacial score (nSPS) is 17.4. The number of esters is 1. The Balaban J connectivity index is 1.44. The number of phenols is 2. The standard InChI is InChI=1S/C28H24N2O9/c31-16-8-6-14(7-9-16)26(34)30-18-13-29-10-2-5-20(18)39-28(37)15-11-19(32)24-22(12-15)38-21-4-1-3-17(27(35)36)23(21)25(24)33/h1,3-4,6-9,11-12,18,20,29,31-32H,2,5,10,13H2,(H,30,34)(H,35,36)/t18?,20-/m1/s1. The summed E-state index contributed by atoms with van der Waals surface area (Å²) in [5.41, 5.74) is -0.889. The van der Waals surface area contributed by atoms with Crippen LogP contribution < -0.4 is 16.1 Å². The van der Waals surface area contributed by atoms with Gasteiger partial charge in [0.1, 0.15) is 34.2 Å². The van der Waals surface area contributed by atoms with E-state index in [9.17, 15) is 34.5 Å². The number of hydrogen-bond donors (Lipinski definition) is 5. The average molecular weight is 533 g/mol. The maximum absolute atomic E-state index is 13.2. The molecule has 2 heterocycles. The van der Waals surface area contributed by atoms with Gasteiger partial charge in [0.15, 0.2) is 0 Å². The highest BCUT2D eigenvalue weighted by atomic mass is 16.5. The van der Waals surface area contributed by atoms with Gasteiger partial charge in [-0.1, -0.05) is 6.07 Å². The summed E-state index contributed by atoms with van der Waals surface area (Å²) in [4.78, 5) is 50.6. The molecule has 1 aliphatic heterocycles. The molecule has 0 aliphatic carbocycles. The monoisotopic (exact) mass is 532 g/mol. The summed E-state index contributed by atoms with van der Waals surface area (Å²) in [5, 5.41) is 35.2. The Morgan fingerprint density at radius 2 is 1.74 bits per heavy atom. The first-order chi connectivity index (χ1) is 18.7. The molecule has 11 heteroatoms. The van der Waals surface area contributed by atoms with Gasteiger partial charge in [-0.15, -0.1) is 0 Å². The molecule has 1 fully saturated rings. The number of aromatic carboxylic acids is 1. The van der Waals surface area contributed by atoms with Crippen LogP contribution in [0.3, 0.4) is 0 Å². The van der Waals surface area contributed by atoms with Crippen LogP contribution in [0.1, 0.15) is 43.9 Å². The average Bonchev–Trinajstić information content (AvgIpc) is 3.13. The number of carboxylic acids is 1. The molecule has 4 aromatic rings. The van der Waals surface area contributed by atoms with Gasteiger partial charge in [0, 0.05) is 12.1 Å². The third-order valence-corrected chi connectivity index (χ3v) is 6.61. The molecular weight excluding hydrogens is 508 g/mol. The number of amides is 1. The maximum Gasteiger partial charge on any atom is 0.338 e. The largest absolute Gasteiger partial charge is 0.508 e. The number of carbonyl (C=O) groups excluding carboxylic acids is 2. The molecule has 200 valence electrons. The predicted molar refractivity (Wildman–Crippen MR) is 139 cm³/mol. The minimum absolute atomic E-state index is 0.0100. The first-order valence-electron chi connectivity index (χ1n) is 12.2. The minimum Gasteiger partial charge on any atom is -0.508 e. The van der Waals surface area contributed by atoms with E-state index >= 15 is 0 Å². The van der Waals surface area contributed by atoms with Crippen LogP contribution in [-0.4, -0.2) is 58.4 Å². The Bertz CT molecular complexity index is 1660.